The zero-order valence-corrected chi connectivity index (χ0v) is 16.9. The van der Waals surface area contributed by atoms with Crippen LogP contribution in [-0.2, 0) is 21.3 Å². The topological polar surface area (TPSA) is 81.1 Å². The molecule has 0 atom stereocenters. The number of amides is 1. The fourth-order valence-electron chi connectivity index (χ4n) is 3.45. The zero-order chi connectivity index (χ0) is 20.1. The molecular weight excluding hydrogens is 398 g/mol. The largest absolute Gasteiger partial charge is 0.306 e. The average molecular weight is 416 g/mol. The first-order chi connectivity index (χ1) is 13.2. The Morgan fingerprint density at radius 2 is 1.82 bits per heavy atom. The molecule has 0 saturated heterocycles. The second-order valence-electron chi connectivity index (χ2n) is 7.03. The lowest BCUT2D eigenvalue weighted by Gasteiger charge is -2.12. The van der Waals surface area contributed by atoms with Crippen molar-refractivity contribution < 1.29 is 13.2 Å². The van der Waals surface area contributed by atoms with Gasteiger partial charge in [0.1, 0.15) is 5.82 Å². The van der Waals surface area contributed by atoms with E-state index in [2.05, 4.69) is 10.4 Å². The molecule has 6 nitrogen and oxygen atoms in total. The van der Waals surface area contributed by atoms with Crippen LogP contribution in [0.25, 0.3) is 5.69 Å². The third kappa shape index (κ3) is 3.55. The predicted octanol–water partition coefficient (Wildman–Crippen LogP) is 3.82. The normalized spacial score (nSPS) is 14.7. The maximum atomic E-state index is 12.9. The number of aryl methyl sites for hydroxylation is 2. The Kier molecular flexibility index (Phi) is 4.51. The number of hydrogen-bond donors (Lipinski definition) is 1. The Morgan fingerprint density at radius 1 is 1.11 bits per heavy atom. The average Bonchev–Trinajstić information content (AvgIpc) is 3.07. The maximum absolute atomic E-state index is 12.9. The van der Waals surface area contributed by atoms with Crippen molar-refractivity contribution in [1.82, 2.24) is 9.78 Å². The van der Waals surface area contributed by atoms with Gasteiger partial charge in [0.05, 0.1) is 22.9 Å². The molecule has 4 rings (SSSR count). The highest BCUT2D eigenvalue weighted by Gasteiger charge is 2.33. The second-order valence-corrected chi connectivity index (χ2v) is 9.53. The third-order valence-electron chi connectivity index (χ3n) is 4.56. The standard InChI is InChI=1S/C20H18ClN3O3S/c1-12-6-13(2)8-14(7-12)20(25)22-19-17-10-28(26,27)11-18(17)23-24(19)16-5-3-4-15(21)9-16/h3-9H,10-11H2,1-2H3,(H,22,25). The molecule has 28 heavy (non-hydrogen) atoms. The number of carbonyl (C=O) groups is 1. The summed E-state index contributed by atoms with van der Waals surface area (Å²) in [5.74, 6) is -0.238. The number of carbonyl (C=O) groups excluding carboxylic acids is 1. The molecule has 2 aromatic carbocycles. The number of rotatable bonds is 3. The number of benzene rings is 2. The summed E-state index contributed by atoms with van der Waals surface area (Å²) in [5.41, 5.74) is 4.08. The Labute approximate surface area is 168 Å². The Balaban J connectivity index is 1.80. The summed E-state index contributed by atoms with van der Waals surface area (Å²) in [6.07, 6.45) is 0. The molecule has 0 fully saturated rings. The van der Waals surface area contributed by atoms with E-state index in [1.54, 1.807) is 41.1 Å². The Bertz CT molecular complexity index is 1200. The molecule has 0 spiro atoms. The lowest BCUT2D eigenvalue weighted by Crippen LogP contribution is -2.17. The molecule has 0 aliphatic carbocycles. The van der Waals surface area contributed by atoms with Crippen LogP contribution in [0.1, 0.15) is 32.7 Å². The molecule has 1 aliphatic heterocycles. The molecule has 0 saturated carbocycles. The molecule has 0 unspecified atom stereocenters. The second kappa shape index (κ2) is 6.76. The Morgan fingerprint density at radius 3 is 2.50 bits per heavy atom. The number of halogens is 1. The van der Waals surface area contributed by atoms with Crippen molar-refractivity contribution in [1.29, 1.82) is 0 Å². The number of hydrogen-bond acceptors (Lipinski definition) is 4. The molecule has 8 heteroatoms. The predicted molar refractivity (Wildman–Crippen MR) is 109 cm³/mol. The number of aromatic nitrogens is 2. The molecule has 1 aromatic heterocycles. The first-order valence-electron chi connectivity index (χ1n) is 8.69. The molecular formula is C20H18ClN3O3S. The van der Waals surface area contributed by atoms with Crippen LogP contribution in [0.4, 0.5) is 5.82 Å². The van der Waals surface area contributed by atoms with Crippen LogP contribution < -0.4 is 5.32 Å². The number of fused-ring (bicyclic) bond motifs is 1. The van der Waals surface area contributed by atoms with E-state index in [4.69, 9.17) is 11.6 Å². The summed E-state index contributed by atoms with van der Waals surface area (Å²) < 4.78 is 25.7. The van der Waals surface area contributed by atoms with E-state index in [0.29, 0.717) is 33.3 Å². The molecule has 0 bridgehead atoms. The summed E-state index contributed by atoms with van der Waals surface area (Å²) in [4.78, 5) is 12.9. The maximum Gasteiger partial charge on any atom is 0.256 e. The molecule has 1 amide bonds. The molecule has 1 N–H and O–H groups in total. The van der Waals surface area contributed by atoms with Crippen molar-refractivity contribution in [3.63, 3.8) is 0 Å². The van der Waals surface area contributed by atoms with Gasteiger partial charge in [-0.15, -0.1) is 0 Å². The van der Waals surface area contributed by atoms with E-state index < -0.39 is 9.84 Å². The van der Waals surface area contributed by atoms with Gasteiger partial charge in [-0.1, -0.05) is 34.9 Å². The van der Waals surface area contributed by atoms with E-state index in [1.807, 2.05) is 19.9 Å². The van der Waals surface area contributed by atoms with Crippen LogP contribution in [-0.4, -0.2) is 24.1 Å². The number of sulfone groups is 1. The van der Waals surface area contributed by atoms with Gasteiger partial charge >= 0.3 is 0 Å². The van der Waals surface area contributed by atoms with Gasteiger partial charge in [0.25, 0.3) is 5.91 Å². The van der Waals surface area contributed by atoms with Crippen LogP contribution in [0.15, 0.2) is 42.5 Å². The monoisotopic (exact) mass is 415 g/mol. The highest BCUT2D eigenvalue weighted by Crippen LogP contribution is 2.33. The minimum atomic E-state index is -3.26. The molecule has 0 radical (unpaired) electrons. The van der Waals surface area contributed by atoms with Gasteiger partial charge in [-0.3, -0.25) is 4.79 Å². The van der Waals surface area contributed by atoms with E-state index in [-0.39, 0.29) is 17.4 Å². The summed E-state index contributed by atoms with van der Waals surface area (Å²) >= 11 is 6.10. The first kappa shape index (κ1) is 18.7. The summed E-state index contributed by atoms with van der Waals surface area (Å²) in [5, 5.41) is 7.84. The van der Waals surface area contributed by atoms with Gasteiger partial charge in [-0.05, 0) is 44.2 Å². The number of nitrogens with one attached hydrogen (secondary N) is 1. The van der Waals surface area contributed by atoms with Gasteiger partial charge in [0.2, 0.25) is 0 Å². The Hall–Kier alpha value is -2.64. The molecule has 2 heterocycles. The molecule has 3 aromatic rings. The zero-order valence-electron chi connectivity index (χ0n) is 15.4. The van der Waals surface area contributed by atoms with Crippen molar-refractivity contribution in [3.05, 3.63) is 75.4 Å². The first-order valence-corrected chi connectivity index (χ1v) is 10.9. The number of anilines is 1. The minimum Gasteiger partial charge on any atom is -0.306 e. The van der Waals surface area contributed by atoms with Crippen LogP contribution in [0.5, 0.6) is 0 Å². The summed E-state index contributed by atoms with van der Waals surface area (Å²) in [6.45, 7) is 3.84. The highest BCUT2D eigenvalue weighted by atomic mass is 35.5. The fraction of sp³-hybridized carbons (Fsp3) is 0.200. The van der Waals surface area contributed by atoms with Crippen molar-refractivity contribution in [3.8, 4) is 5.69 Å². The lowest BCUT2D eigenvalue weighted by molar-refractivity contribution is 0.102. The van der Waals surface area contributed by atoms with Crippen molar-refractivity contribution in [2.75, 3.05) is 5.32 Å². The molecule has 144 valence electrons. The highest BCUT2D eigenvalue weighted by molar-refractivity contribution is 7.90. The summed E-state index contributed by atoms with van der Waals surface area (Å²) in [7, 11) is -3.26. The summed E-state index contributed by atoms with van der Waals surface area (Å²) in [6, 6.07) is 12.6. The minimum absolute atomic E-state index is 0.137. The van der Waals surface area contributed by atoms with Gasteiger partial charge < -0.3 is 5.32 Å². The van der Waals surface area contributed by atoms with Crippen molar-refractivity contribution in [2.24, 2.45) is 0 Å². The van der Waals surface area contributed by atoms with E-state index in [9.17, 15) is 13.2 Å². The quantitative estimate of drug-likeness (QED) is 0.705. The SMILES string of the molecule is Cc1cc(C)cc(C(=O)Nc2c3c(nn2-c2cccc(Cl)c2)CS(=O)(=O)C3)c1. The van der Waals surface area contributed by atoms with E-state index in [0.717, 1.165) is 11.1 Å². The van der Waals surface area contributed by atoms with Gasteiger partial charge in [-0.25, -0.2) is 13.1 Å². The number of nitrogens with zero attached hydrogens (tertiary/aromatic N) is 2. The van der Waals surface area contributed by atoms with E-state index in [1.165, 1.54) is 0 Å². The van der Waals surface area contributed by atoms with Gasteiger partial charge in [-0.2, -0.15) is 5.10 Å². The van der Waals surface area contributed by atoms with Crippen molar-refractivity contribution in [2.45, 2.75) is 25.4 Å². The van der Waals surface area contributed by atoms with Gasteiger partial charge in [0, 0.05) is 16.1 Å². The van der Waals surface area contributed by atoms with Crippen LogP contribution in [0, 0.1) is 13.8 Å². The fourth-order valence-corrected chi connectivity index (χ4v) is 5.13. The smallest absolute Gasteiger partial charge is 0.256 e. The van der Waals surface area contributed by atoms with Crippen LogP contribution >= 0.6 is 11.6 Å². The van der Waals surface area contributed by atoms with Crippen molar-refractivity contribution >= 4 is 33.2 Å². The van der Waals surface area contributed by atoms with Gasteiger partial charge in [0.15, 0.2) is 9.84 Å². The molecule has 1 aliphatic rings. The van der Waals surface area contributed by atoms with Crippen LogP contribution in [0.2, 0.25) is 5.02 Å². The van der Waals surface area contributed by atoms with E-state index >= 15 is 0 Å². The lowest BCUT2D eigenvalue weighted by atomic mass is 10.1. The third-order valence-corrected chi connectivity index (χ3v) is 6.23. The van der Waals surface area contributed by atoms with Crippen LogP contribution in [0.3, 0.4) is 0 Å².